The van der Waals surface area contributed by atoms with Crippen molar-refractivity contribution in [1.82, 2.24) is 0 Å². The molecule has 1 aromatic rings. The number of aromatic hydroxyl groups is 1. The van der Waals surface area contributed by atoms with Crippen molar-refractivity contribution in [2.75, 3.05) is 19.8 Å². The molecule has 0 aromatic heterocycles. The van der Waals surface area contributed by atoms with Gasteiger partial charge in [0.25, 0.3) is 0 Å². The van der Waals surface area contributed by atoms with E-state index < -0.39 is 5.41 Å². The zero-order valence-corrected chi connectivity index (χ0v) is 10.4. The predicted molar refractivity (Wildman–Crippen MR) is 68.4 cm³/mol. The highest BCUT2D eigenvalue weighted by atomic mass is 16.5. The van der Waals surface area contributed by atoms with Crippen LogP contribution in [0.4, 0.5) is 0 Å². The SMILES string of the molecule is NCC1(C(=O)Cc2ccc(O)cc2)CCOCC1. The molecule has 1 fully saturated rings. The summed E-state index contributed by atoms with van der Waals surface area (Å²) in [6.07, 6.45) is 1.79. The van der Waals surface area contributed by atoms with Crippen molar-refractivity contribution < 1.29 is 14.6 Å². The maximum Gasteiger partial charge on any atom is 0.144 e. The van der Waals surface area contributed by atoms with Crippen LogP contribution in [0.25, 0.3) is 0 Å². The number of benzene rings is 1. The summed E-state index contributed by atoms with van der Waals surface area (Å²) in [4.78, 5) is 12.4. The molecule has 1 heterocycles. The summed E-state index contributed by atoms with van der Waals surface area (Å²) in [6.45, 7) is 1.60. The lowest BCUT2D eigenvalue weighted by molar-refractivity contribution is -0.132. The second-order valence-corrected chi connectivity index (χ2v) is 4.86. The summed E-state index contributed by atoms with van der Waals surface area (Å²) in [7, 11) is 0. The minimum Gasteiger partial charge on any atom is -0.508 e. The van der Waals surface area contributed by atoms with Gasteiger partial charge in [-0.25, -0.2) is 0 Å². The van der Waals surface area contributed by atoms with E-state index in [1.165, 1.54) is 0 Å². The number of rotatable bonds is 4. The first-order valence-electron chi connectivity index (χ1n) is 6.25. The number of phenols is 1. The van der Waals surface area contributed by atoms with E-state index in [2.05, 4.69) is 0 Å². The standard InChI is InChI=1S/C14H19NO3/c15-10-14(5-7-18-8-6-14)13(17)9-11-1-3-12(16)4-2-11/h1-4,16H,5-10,15H2. The molecule has 0 atom stereocenters. The topological polar surface area (TPSA) is 72.6 Å². The fourth-order valence-electron chi connectivity index (χ4n) is 2.35. The molecule has 98 valence electrons. The van der Waals surface area contributed by atoms with Crippen LogP contribution in [0.15, 0.2) is 24.3 Å². The number of hydrogen-bond acceptors (Lipinski definition) is 4. The number of carbonyl (C=O) groups is 1. The number of nitrogens with two attached hydrogens (primary N) is 1. The van der Waals surface area contributed by atoms with Crippen LogP contribution in [-0.4, -0.2) is 30.6 Å². The lowest BCUT2D eigenvalue weighted by Crippen LogP contribution is -2.44. The number of ether oxygens (including phenoxy) is 1. The molecule has 1 saturated heterocycles. The first-order valence-corrected chi connectivity index (χ1v) is 6.25. The summed E-state index contributed by atoms with van der Waals surface area (Å²) in [5, 5.41) is 9.21. The first-order chi connectivity index (χ1) is 8.66. The van der Waals surface area contributed by atoms with E-state index in [-0.39, 0.29) is 11.5 Å². The van der Waals surface area contributed by atoms with Crippen LogP contribution in [0.1, 0.15) is 18.4 Å². The van der Waals surface area contributed by atoms with E-state index in [9.17, 15) is 9.90 Å². The highest BCUT2D eigenvalue weighted by Gasteiger charge is 2.37. The smallest absolute Gasteiger partial charge is 0.144 e. The molecule has 0 aliphatic carbocycles. The molecule has 4 heteroatoms. The van der Waals surface area contributed by atoms with Gasteiger partial charge in [0.2, 0.25) is 0 Å². The van der Waals surface area contributed by atoms with Gasteiger partial charge in [-0.05, 0) is 30.5 Å². The largest absolute Gasteiger partial charge is 0.508 e. The number of ketones is 1. The van der Waals surface area contributed by atoms with Crippen molar-refractivity contribution in [3.63, 3.8) is 0 Å². The van der Waals surface area contributed by atoms with Crippen LogP contribution in [0.5, 0.6) is 5.75 Å². The summed E-state index contributed by atoms with van der Waals surface area (Å²) in [6, 6.07) is 6.75. The van der Waals surface area contributed by atoms with Crippen molar-refractivity contribution in [1.29, 1.82) is 0 Å². The summed E-state index contributed by atoms with van der Waals surface area (Å²) >= 11 is 0. The van der Waals surface area contributed by atoms with Crippen LogP contribution < -0.4 is 5.73 Å². The summed E-state index contributed by atoms with van der Waals surface area (Å²) < 4.78 is 5.30. The molecule has 18 heavy (non-hydrogen) atoms. The van der Waals surface area contributed by atoms with Crippen molar-refractivity contribution >= 4 is 5.78 Å². The Morgan fingerprint density at radius 1 is 1.28 bits per heavy atom. The monoisotopic (exact) mass is 249 g/mol. The molecule has 2 rings (SSSR count). The number of carbonyl (C=O) groups excluding carboxylic acids is 1. The Morgan fingerprint density at radius 3 is 2.44 bits per heavy atom. The molecule has 1 aliphatic rings. The lowest BCUT2D eigenvalue weighted by Gasteiger charge is -2.34. The summed E-state index contributed by atoms with van der Waals surface area (Å²) in [5.41, 5.74) is 6.29. The van der Waals surface area contributed by atoms with E-state index >= 15 is 0 Å². The molecule has 1 aliphatic heterocycles. The van der Waals surface area contributed by atoms with Crippen LogP contribution in [0.2, 0.25) is 0 Å². The van der Waals surface area contributed by atoms with Crippen LogP contribution in [0.3, 0.4) is 0 Å². The molecule has 0 spiro atoms. The van der Waals surface area contributed by atoms with Gasteiger partial charge in [-0.15, -0.1) is 0 Å². The predicted octanol–water partition coefficient (Wildman–Crippen LogP) is 1.26. The molecule has 0 unspecified atom stereocenters. The molecule has 0 saturated carbocycles. The van der Waals surface area contributed by atoms with E-state index in [0.29, 0.717) is 39.0 Å². The van der Waals surface area contributed by atoms with Crippen molar-refractivity contribution in [2.45, 2.75) is 19.3 Å². The molecular formula is C14H19NO3. The van der Waals surface area contributed by atoms with Gasteiger partial charge in [0.15, 0.2) is 0 Å². The Labute approximate surface area is 107 Å². The molecule has 1 aromatic carbocycles. The van der Waals surface area contributed by atoms with Crippen molar-refractivity contribution in [2.24, 2.45) is 11.1 Å². The normalized spacial score (nSPS) is 18.5. The zero-order valence-electron chi connectivity index (χ0n) is 10.4. The number of Topliss-reactive ketones (excluding diaryl/α,β-unsaturated/α-hetero) is 1. The highest BCUT2D eigenvalue weighted by molar-refractivity contribution is 5.87. The number of phenolic OH excluding ortho intramolecular Hbond substituents is 1. The van der Waals surface area contributed by atoms with Crippen molar-refractivity contribution in [3.8, 4) is 5.75 Å². The third-order valence-electron chi connectivity index (χ3n) is 3.73. The molecule has 0 bridgehead atoms. The van der Waals surface area contributed by atoms with E-state index in [0.717, 1.165) is 5.56 Å². The average molecular weight is 249 g/mol. The third kappa shape index (κ3) is 2.71. The third-order valence-corrected chi connectivity index (χ3v) is 3.73. The van der Waals surface area contributed by atoms with Gasteiger partial charge in [-0.3, -0.25) is 4.79 Å². The van der Waals surface area contributed by atoms with Gasteiger partial charge in [0, 0.05) is 31.6 Å². The fraction of sp³-hybridized carbons (Fsp3) is 0.500. The molecular weight excluding hydrogens is 230 g/mol. The van der Waals surface area contributed by atoms with Gasteiger partial charge in [-0.2, -0.15) is 0 Å². The zero-order chi connectivity index (χ0) is 13.0. The van der Waals surface area contributed by atoms with Crippen molar-refractivity contribution in [3.05, 3.63) is 29.8 Å². The Balaban J connectivity index is 2.07. The number of hydrogen-bond donors (Lipinski definition) is 2. The van der Waals surface area contributed by atoms with E-state index in [1.54, 1.807) is 24.3 Å². The second-order valence-electron chi connectivity index (χ2n) is 4.86. The first kappa shape index (κ1) is 13.1. The van der Waals surface area contributed by atoms with E-state index in [4.69, 9.17) is 10.5 Å². The molecule has 3 N–H and O–H groups in total. The highest BCUT2D eigenvalue weighted by Crippen LogP contribution is 2.31. The summed E-state index contributed by atoms with van der Waals surface area (Å²) in [5.74, 6) is 0.393. The van der Waals surface area contributed by atoms with Gasteiger partial charge in [0.1, 0.15) is 11.5 Å². The molecule has 4 nitrogen and oxygen atoms in total. The Bertz CT molecular complexity index is 408. The Morgan fingerprint density at radius 2 is 1.89 bits per heavy atom. The quantitative estimate of drug-likeness (QED) is 0.842. The van der Waals surface area contributed by atoms with E-state index in [1.807, 2.05) is 0 Å². The minimum absolute atomic E-state index is 0.180. The van der Waals surface area contributed by atoms with Crippen LogP contribution in [0, 0.1) is 5.41 Å². The van der Waals surface area contributed by atoms with Gasteiger partial charge >= 0.3 is 0 Å². The van der Waals surface area contributed by atoms with Gasteiger partial charge < -0.3 is 15.6 Å². The van der Waals surface area contributed by atoms with Gasteiger partial charge in [0.05, 0.1) is 0 Å². The fourth-order valence-corrected chi connectivity index (χ4v) is 2.35. The Hall–Kier alpha value is -1.39. The maximum atomic E-state index is 12.4. The molecule has 0 amide bonds. The van der Waals surface area contributed by atoms with Gasteiger partial charge in [-0.1, -0.05) is 12.1 Å². The maximum absolute atomic E-state index is 12.4. The minimum atomic E-state index is -0.420. The van der Waals surface area contributed by atoms with Crippen LogP contribution in [-0.2, 0) is 16.0 Å². The second kappa shape index (κ2) is 5.50. The van der Waals surface area contributed by atoms with Crippen LogP contribution >= 0.6 is 0 Å². The lowest BCUT2D eigenvalue weighted by atomic mass is 9.74. The molecule has 0 radical (unpaired) electrons. The average Bonchev–Trinajstić information content (AvgIpc) is 2.42. The Kier molecular flexibility index (Phi) is 3.99.